The first-order chi connectivity index (χ1) is 7.65. The van der Waals surface area contributed by atoms with E-state index < -0.39 is 0 Å². The highest BCUT2D eigenvalue weighted by molar-refractivity contribution is 7.08. The normalized spacial score (nSPS) is 30.6. The SMILES string of the molecule is Cc1cscc1CNC1CC(C)CC(C)C1. The van der Waals surface area contributed by atoms with Crippen LogP contribution >= 0.6 is 11.3 Å². The van der Waals surface area contributed by atoms with Gasteiger partial charge >= 0.3 is 0 Å². The molecule has 0 aliphatic heterocycles. The third-order valence-corrected chi connectivity index (χ3v) is 4.63. The van der Waals surface area contributed by atoms with Crippen molar-refractivity contribution in [2.24, 2.45) is 11.8 Å². The van der Waals surface area contributed by atoms with Crippen LogP contribution in [0.1, 0.15) is 44.2 Å². The average molecular weight is 237 g/mol. The fraction of sp³-hybridized carbons (Fsp3) is 0.714. The van der Waals surface area contributed by atoms with Gasteiger partial charge in [-0.2, -0.15) is 11.3 Å². The summed E-state index contributed by atoms with van der Waals surface area (Å²) in [6.07, 6.45) is 4.12. The lowest BCUT2D eigenvalue weighted by atomic mass is 9.80. The number of thiophene rings is 1. The molecule has 2 rings (SSSR count). The fourth-order valence-corrected chi connectivity index (χ4v) is 3.79. The summed E-state index contributed by atoms with van der Waals surface area (Å²) in [6, 6.07) is 0.734. The highest BCUT2D eigenvalue weighted by atomic mass is 32.1. The Labute approximate surface area is 103 Å². The van der Waals surface area contributed by atoms with Gasteiger partial charge in [0.05, 0.1) is 0 Å². The van der Waals surface area contributed by atoms with E-state index in [2.05, 4.69) is 36.8 Å². The molecule has 1 aliphatic carbocycles. The topological polar surface area (TPSA) is 12.0 Å². The molecule has 2 atom stereocenters. The average Bonchev–Trinajstić information content (AvgIpc) is 2.59. The molecule has 1 aliphatic rings. The van der Waals surface area contributed by atoms with Crippen molar-refractivity contribution in [3.63, 3.8) is 0 Å². The Balaban J connectivity index is 1.84. The molecule has 0 spiro atoms. The van der Waals surface area contributed by atoms with Gasteiger partial charge in [-0.25, -0.2) is 0 Å². The van der Waals surface area contributed by atoms with E-state index in [9.17, 15) is 0 Å². The maximum absolute atomic E-state index is 3.73. The highest BCUT2D eigenvalue weighted by Crippen LogP contribution is 2.28. The van der Waals surface area contributed by atoms with Crippen LogP contribution in [0.4, 0.5) is 0 Å². The van der Waals surface area contributed by atoms with Crippen LogP contribution in [-0.2, 0) is 6.54 Å². The molecule has 0 aromatic carbocycles. The molecule has 1 fully saturated rings. The zero-order valence-corrected chi connectivity index (χ0v) is 11.4. The van der Waals surface area contributed by atoms with Crippen LogP contribution in [0.15, 0.2) is 10.8 Å². The third-order valence-electron chi connectivity index (χ3n) is 3.72. The van der Waals surface area contributed by atoms with Crippen LogP contribution in [0.3, 0.4) is 0 Å². The maximum atomic E-state index is 3.73. The Kier molecular flexibility index (Phi) is 4.04. The first kappa shape index (κ1) is 12.1. The van der Waals surface area contributed by atoms with Gasteiger partial charge in [0.25, 0.3) is 0 Å². The van der Waals surface area contributed by atoms with Crippen LogP contribution in [-0.4, -0.2) is 6.04 Å². The molecule has 0 saturated heterocycles. The largest absolute Gasteiger partial charge is 0.310 e. The third kappa shape index (κ3) is 3.08. The monoisotopic (exact) mass is 237 g/mol. The van der Waals surface area contributed by atoms with Gasteiger partial charge in [0.1, 0.15) is 0 Å². The molecule has 1 aromatic heterocycles. The fourth-order valence-electron chi connectivity index (χ4n) is 2.94. The summed E-state index contributed by atoms with van der Waals surface area (Å²) in [5, 5.41) is 8.25. The van der Waals surface area contributed by atoms with Gasteiger partial charge in [0, 0.05) is 12.6 Å². The summed E-state index contributed by atoms with van der Waals surface area (Å²) in [5.74, 6) is 1.79. The van der Waals surface area contributed by atoms with E-state index in [1.807, 2.05) is 11.3 Å². The zero-order valence-electron chi connectivity index (χ0n) is 10.6. The second-order valence-corrected chi connectivity index (χ2v) is 6.32. The van der Waals surface area contributed by atoms with Crippen molar-refractivity contribution in [2.75, 3.05) is 0 Å². The molecule has 2 unspecified atom stereocenters. The van der Waals surface area contributed by atoms with Gasteiger partial charge < -0.3 is 5.32 Å². The first-order valence-electron chi connectivity index (χ1n) is 6.40. The predicted molar refractivity (Wildman–Crippen MR) is 71.9 cm³/mol. The number of hydrogen-bond donors (Lipinski definition) is 1. The molecule has 1 heterocycles. The van der Waals surface area contributed by atoms with E-state index in [0.717, 1.165) is 24.4 Å². The molecule has 16 heavy (non-hydrogen) atoms. The molecular weight excluding hydrogens is 214 g/mol. The molecule has 0 amide bonds. The minimum Gasteiger partial charge on any atom is -0.310 e. The molecule has 1 aromatic rings. The molecule has 1 N–H and O–H groups in total. The molecule has 2 heteroatoms. The Morgan fingerprint density at radius 1 is 1.19 bits per heavy atom. The van der Waals surface area contributed by atoms with Crippen molar-refractivity contribution in [3.8, 4) is 0 Å². The summed E-state index contributed by atoms with van der Waals surface area (Å²) in [6.45, 7) is 8.04. The molecule has 1 saturated carbocycles. The van der Waals surface area contributed by atoms with E-state index in [1.165, 1.54) is 30.4 Å². The maximum Gasteiger partial charge on any atom is 0.0218 e. The number of aryl methyl sites for hydroxylation is 1. The minimum absolute atomic E-state index is 0.734. The predicted octanol–water partition coefficient (Wildman–Crippen LogP) is 3.97. The molecule has 0 bridgehead atoms. The minimum atomic E-state index is 0.734. The lowest BCUT2D eigenvalue weighted by Crippen LogP contribution is -2.35. The number of rotatable bonds is 3. The summed E-state index contributed by atoms with van der Waals surface area (Å²) in [7, 11) is 0. The number of hydrogen-bond acceptors (Lipinski definition) is 2. The van der Waals surface area contributed by atoms with Crippen LogP contribution in [0, 0.1) is 18.8 Å². The van der Waals surface area contributed by atoms with Gasteiger partial charge in [-0.15, -0.1) is 0 Å². The zero-order chi connectivity index (χ0) is 11.5. The Morgan fingerprint density at radius 3 is 2.44 bits per heavy atom. The van der Waals surface area contributed by atoms with Gasteiger partial charge in [-0.3, -0.25) is 0 Å². The van der Waals surface area contributed by atoms with Crippen LogP contribution in [0.2, 0.25) is 0 Å². The summed E-state index contributed by atoms with van der Waals surface area (Å²) < 4.78 is 0. The highest BCUT2D eigenvalue weighted by Gasteiger charge is 2.23. The second kappa shape index (κ2) is 5.33. The summed E-state index contributed by atoms with van der Waals surface area (Å²) >= 11 is 1.81. The van der Waals surface area contributed by atoms with Gasteiger partial charge in [0.15, 0.2) is 0 Å². The van der Waals surface area contributed by atoms with Crippen molar-refractivity contribution in [1.82, 2.24) is 5.32 Å². The molecular formula is C14H23NS. The number of nitrogens with one attached hydrogen (secondary N) is 1. The van der Waals surface area contributed by atoms with Crippen molar-refractivity contribution in [2.45, 2.75) is 52.6 Å². The van der Waals surface area contributed by atoms with Crippen molar-refractivity contribution < 1.29 is 0 Å². The van der Waals surface area contributed by atoms with Crippen LogP contribution in [0.5, 0.6) is 0 Å². The Bertz CT molecular complexity index is 321. The van der Waals surface area contributed by atoms with Crippen molar-refractivity contribution in [3.05, 3.63) is 21.9 Å². The van der Waals surface area contributed by atoms with Gasteiger partial charge in [-0.05, 0) is 59.9 Å². The smallest absolute Gasteiger partial charge is 0.0218 e. The van der Waals surface area contributed by atoms with Gasteiger partial charge in [0.2, 0.25) is 0 Å². The van der Waals surface area contributed by atoms with E-state index in [1.54, 1.807) is 0 Å². The van der Waals surface area contributed by atoms with Crippen LogP contribution < -0.4 is 5.32 Å². The van der Waals surface area contributed by atoms with E-state index in [-0.39, 0.29) is 0 Å². The quantitative estimate of drug-likeness (QED) is 0.838. The van der Waals surface area contributed by atoms with Crippen molar-refractivity contribution >= 4 is 11.3 Å². The summed E-state index contributed by atoms with van der Waals surface area (Å²) in [4.78, 5) is 0. The van der Waals surface area contributed by atoms with Crippen molar-refractivity contribution in [1.29, 1.82) is 0 Å². The van der Waals surface area contributed by atoms with Crippen LogP contribution in [0.25, 0.3) is 0 Å². The van der Waals surface area contributed by atoms with Gasteiger partial charge in [-0.1, -0.05) is 13.8 Å². The standard InChI is InChI=1S/C14H23NS/c1-10-4-11(2)6-14(5-10)15-7-13-9-16-8-12(13)3/h8-11,14-15H,4-7H2,1-3H3. The molecule has 1 nitrogen and oxygen atoms in total. The molecule has 0 radical (unpaired) electrons. The van der Waals surface area contributed by atoms with E-state index >= 15 is 0 Å². The van der Waals surface area contributed by atoms with E-state index in [4.69, 9.17) is 0 Å². The molecule has 90 valence electrons. The Morgan fingerprint density at radius 2 is 1.88 bits per heavy atom. The lowest BCUT2D eigenvalue weighted by molar-refractivity contribution is 0.238. The summed E-state index contributed by atoms with van der Waals surface area (Å²) in [5.41, 5.74) is 2.92. The lowest BCUT2D eigenvalue weighted by Gasteiger charge is -2.32. The second-order valence-electron chi connectivity index (χ2n) is 5.58. The first-order valence-corrected chi connectivity index (χ1v) is 7.34. The Hall–Kier alpha value is -0.340. The van der Waals surface area contributed by atoms with E-state index in [0.29, 0.717) is 0 Å².